The van der Waals surface area contributed by atoms with Crippen molar-refractivity contribution in [3.05, 3.63) is 54.4 Å². The number of carbonyl (C=O) groups excluding carboxylic acids is 2. The summed E-state index contributed by atoms with van der Waals surface area (Å²) in [7, 11) is 0. The zero-order chi connectivity index (χ0) is 20.9. The van der Waals surface area contributed by atoms with E-state index in [1.54, 1.807) is 11.2 Å². The molecule has 3 heterocycles. The van der Waals surface area contributed by atoms with Gasteiger partial charge in [0.05, 0.1) is 23.8 Å². The Morgan fingerprint density at radius 2 is 1.65 bits per heavy atom. The maximum absolute atomic E-state index is 12.8. The molecule has 1 amide bonds. The lowest BCUT2D eigenvalue weighted by molar-refractivity contribution is -0.121. The molecule has 2 saturated heterocycles. The molecule has 3 aromatic rings. The minimum Gasteiger partial charge on any atom is -0.369 e. The molecule has 1 unspecified atom stereocenters. The Balaban J connectivity index is 1.24. The standard InChI is InChI=1S/C24H25N5O2/c30-22-14-23(31)29(19-7-8-20-21(13-19)26-15-25-20)24(22)16-1-3-17(4-2-16)27-9-11-28(12-10-27)18-5-6-18/h1-4,7-8,13,15,18,24H,5-6,9-12,14H2,(H,25,26). The van der Waals surface area contributed by atoms with E-state index >= 15 is 0 Å². The van der Waals surface area contributed by atoms with Crippen molar-refractivity contribution in [1.29, 1.82) is 0 Å². The fraction of sp³-hybridized carbons (Fsp3) is 0.375. The largest absolute Gasteiger partial charge is 0.369 e. The number of Topliss-reactive ketones (excluding diaryl/α,β-unsaturated/α-hetero) is 1. The lowest BCUT2D eigenvalue weighted by Crippen LogP contribution is -2.47. The van der Waals surface area contributed by atoms with E-state index in [1.165, 1.54) is 18.5 Å². The summed E-state index contributed by atoms with van der Waals surface area (Å²) in [6, 6.07) is 14.1. The van der Waals surface area contributed by atoms with E-state index in [4.69, 9.17) is 0 Å². The summed E-state index contributed by atoms with van der Waals surface area (Å²) in [6.07, 6.45) is 4.28. The van der Waals surface area contributed by atoms with E-state index in [0.29, 0.717) is 5.69 Å². The van der Waals surface area contributed by atoms with Crippen LogP contribution < -0.4 is 9.80 Å². The van der Waals surface area contributed by atoms with Crippen molar-refractivity contribution in [3.8, 4) is 0 Å². The maximum atomic E-state index is 12.8. The van der Waals surface area contributed by atoms with Crippen LogP contribution >= 0.6 is 0 Å². The summed E-state index contributed by atoms with van der Waals surface area (Å²) < 4.78 is 0. The molecule has 0 spiro atoms. The molecular formula is C24H25N5O2. The molecule has 7 heteroatoms. The molecule has 1 N–H and O–H groups in total. The second-order valence-corrected chi connectivity index (χ2v) is 8.76. The van der Waals surface area contributed by atoms with Gasteiger partial charge in [0, 0.05) is 43.6 Å². The summed E-state index contributed by atoms with van der Waals surface area (Å²) in [6.45, 7) is 4.30. The normalized spacial score (nSPS) is 22.6. The Hall–Kier alpha value is -3.19. The van der Waals surface area contributed by atoms with Crippen molar-refractivity contribution in [1.82, 2.24) is 14.9 Å². The Labute approximate surface area is 180 Å². The van der Waals surface area contributed by atoms with Crippen LogP contribution in [0.4, 0.5) is 11.4 Å². The predicted octanol–water partition coefficient (Wildman–Crippen LogP) is 2.89. The molecule has 3 fully saturated rings. The fourth-order valence-corrected chi connectivity index (χ4v) is 4.97. The minimum absolute atomic E-state index is 0.0575. The first kappa shape index (κ1) is 18.6. The zero-order valence-corrected chi connectivity index (χ0v) is 17.3. The van der Waals surface area contributed by atoms with Crippen LogP contribution in [-0.2, 0) is 9.59 Å². The molecule has 6 rings (SSSR count). The highest BCUT2D eigenvalue weighted by Gasteiger charge is 2.40. The van der Waals surface area contributed by atoms with Gasteiger partial charge >= 0.3 is 0 Å². The highest BCUT2D eigenvalue weighted by Crippen LogP contribution is 2.36. The first-order valence-electron chi connectivity index (χ1n) is 11.0. The van der Waals surface area contributed by atoms with Crippen molar-refractivity contribution in [2.24, 2.45) is 0 Å². The highest BCUT2D eigenvalue weighted by atomic mass is 16.2. The number of aromatic amines is 1. The van der Waals surface area contributed by atoms with Crippen molar-refractivity contribution >= 4 is 34.1 Å². The van der Waals surface area contributed by atoms with Crippen LogP contribution in [0.1, 0.15) is 30.9 Å². The third-order valence-corrected chi connectivity index (χ3v) is 6.79. The van der Waals surface area contributed by atoms with Gasteiger partial charge in [-0.15, -0.1) is 0 Å². The molecule has 1 saturated carbocycles. The number of amides is 1. The topological polar surface area (TPSA) is 72.5 Å². The van der Waals surface area contributed by atoms with E-state index in [2.05, 4.69) is 31.9 Å². The van der Waals surface area contributed by atoms with Crippen molar-refractivity contribution in [2.75, 3.05) is 36.0 Å². The third-order valence-electron chi connectivity index (χ3n) is 6.79. The lowest BCUT2D eigenvalue weighted by Gasteiger charge is -2.36. The number of rotatable bonds is 4. The van der Waals surface area contributed by atoms with Crippen LogP contribution in [-0.4, -0.2) is 58.8 Å². The van der Waals surface area contributed by atoms with E-state index in [0.717, 1.165) is 48.8 Å². The Morgan fingerprint density at radius 1 is 0.903 bits per heavy atom. The number of anilines is 2. The Kier molecular flexibility index (Phi) is 4.31. The van der Waals surface area contributed by atoms with Gasteiger partial charge in [-0.05, 0) is 48.7 Å². The van der Waals surface area contributed by atoms with Gasteiger partial charge in [0.1, 0.15) is 6.04 Å². The molecule has 0 bridgehead atoms. The summed E-state index contributed by atoms with van der Waals surface area (Å²) in [5.74, 6) is -0.219. The predicted molar refractivity (Wildman–Crippen MR) is 119 cm³/mol. The SMILES string of the molecule is O=C1CC(=O)N(c2ccc3[nH]cnc3c2)C1c1ccc(N2CCN(C3CC3)CC2)cc1. The van der Waals surface area contributed by atoms with Gasteiger partial charge < -0.3 is 9.88 Å². The van der Waals surface area contributed by atoms with Gasteiger partial charge in [-0.2, -0.15) is 0 Å². The van der Waals surface area contributed by atoms with Gasteiger partial charge in [0.25, 0.3) is 0 Å². The van der Waals surface area contributed by atoms with Crippen LogP contribution in [0.25, 0.3) is 11.0 Å². The molecule has 1 aliphatic carbocycles. The van der Waals surface area contributed by atoms with Crippen LogP contribution in [0.15, 0.2) is 48.8 Å². The van der Waals surface area contributed by atoms with Crippen molar-refractivity contribution in [3.63, 3.8) is 0 Å². The number of imidazole rings is 1. The number of nitrogens with zero attached hydrogens (tertiary/aromatic N) is 4. The molecule has 158 valence electrons. The summed E-state index contributed by atoms with van der Waals surface area (Å²) in [5.41, 5.74) is 4.44. The van der Waals surface area contributed by atoms with E-state index < -0.39 is 6.04 Å². The van der Waals surface area contributed by atoms with Gasteiger partial charge in [-0.3, -0.25) is 19.4 Å². The zero-order valence-electron chi connectivity index (χ0n) is 17.3. The van der Waals surface area contributed by atoms with Crippen LogP contribution in [0.3, 0.4) is 0 Å². The van der Waals surface area contributed by atoms with E-state index in [-0.39, 0.29) is 18.1 Å². The number of H-pyrrole nitrogens is 1. The first-order valence-corrected chi connectivity index (χ1v) is 11.0. The molecule has 3 aliphatic rings. The lowest BCUT2D eigenvalue weighted by atomic mass is 10.0. The molecular weight excluding hydrogens is 390 g/mol. The number of fused-ring (bicyclic) bond motifs is 1. The molecule has 31 heavy (non-hydrogen) atoms. The summed E-state index contributed by atoms with van der Waals surface area (Å²) in [4.78, 5) is 39.5. The van der Waals surface area contributed by atoms with Crippen molar-refractivity contribution in [2.45, 2.75) is 31.3 Å². The van der Waals surface area contributed by atoms with Gasteiger partial charge in [-0.25, -0.2) is 4.98 Å². The fourth-order valence-electron chi connectivity index (χ4n) is 4.97. The molecule has 2 aromatic carbocycles. The molecule has 1 atom stereocenters. The number of hydrogen-bond acceptors (Lipinski definition) is 5. The second kappa shape index (κ2) is 7.20. The average molecular weight is 415 g/mol. The summed E-state index contributed by atoms with van der Waals surface area (Å²) in [5, 5.41) is 0. The quantitative estimate of drug-likeness (QED) is 0.664. The minimum atomic E-state index is -0.579. The number of nitrogens with one attached hydrogen (secondary N) is 1. The molecule has 1 aromatic heterocycles. The number of carbonyl (C=O) groups is 2. The van der Waals surface area contributed by atoms with Gasteiger partial charge in [-0.1, -0.05) is 12.1 Å². The van der Waals surface area contributed by atoms with Crippen LogP contribution in [0.5, 0.6) is 0 Å². The third kappa shape index (κ3) is 3.29. The van der Waals surface area contributed by atoms with Gasteiger partial charge in [0.2, 0.25) is 5.91 Å². The number of benzene rings is 2. The average Bonchev–Trinajstić information content (AvgIpc) is 3.46. The number of piperazine rings is 1. The molecule has 0 radical (unpaired) electrons. The number of hydrogen-bond donors (Lipinski definition) is 1. The highest BCUT2D eigenvalue weighted by molar-refractivity contribution is 6.17. The summed E-state index contributed by atoms with van der Waals surface area (Å²) >= 11 is 0. The second-order valence-electron chi connectivity index (χ2n) is 8.76. The first-order chi connectivity index (χ1) is 15.2. The molecule has 2 aliphatic heterocycles. The Morgan fingerprint density at radius 3 is 2.39 bits per heavy atom. The number of aromatic nitrogens is 2. The maximum Gasteiger partial charge on any atom is 0.235 e. The van der Waals surface area contributed by atoms with Gasteiger partial charge in [0.15, 0.2) is 5.78 Å². The monoisotopic (exact) mass is 415 g/mol. The van der Waals surface area contributed by atoms with Crippen LogP contribution in [0.2, 0.25) is 0 Å². The van der Waals surface area contributed by atoms with E-state index in [1.807, 2.05) is 30.3 Å². The Bertz CT molecular complexity index is 1140. The van der Waals surface area contributed by atoms with E-state index in [9.17, 15) is 9.59 Å². The smallest absolute Gasteiger partial charge is 0.235 e. The molecule has 7 nitrogen and oxygen atoms in total. The van der Waals surface area contributed by atoms with Crippen LogP contribution in [0, 0.1) is 0 Å². The van der Waals surface area contributed by atoms with Crippen molar-refractivity contribution < 1.29 is 9.59 Å². The number of ketones is 1.